The molecule has 1 amide bonds. The molecular formula is C16H15ClF3N3O. The van der Waals surface area contributed by atoms with Crippen LogP contribution in [0.15, 0.2) is 42.6 Å². The Hall–Kier alpha value is -2.12. The molecule has 0 aliphatic carbocycles. The summed E-state index contributed by atoms with van der Waals surface area (Å²) >= 11 is 5.70. The van der Waals surface area contributed by atoms with Gasteiger partial charge in [0.05, 0.1) is 17.1 Å². The van der Waals surface area contributed by atoms with E-state index in [2.05, 4.69) is 10.3 Å². The van der Waals surface area contributed by atoms with Crippen molar-refractivity contribution in [3.8, 4) is 0 Å². The van der Waals surface area contributed by atoms with Gasteiger partial charge in [0.1, 0.15) is 5.82 Å². The molecule has 0 unspecified atom stereocenters. The van der Waals surface area contributed by atoms with Crippen LogP contribution in [0.4, 0.5) is 19.0 Å². The van der Waals surface area contributed by atoms with E-state index in [4.69, 9.17) is 11.6 Å². The number of amides is 1. The van der Waals surface area contributed by atoms with Crippen molar-refractivity contribution in [2.45, 2.75) is 12.7 Å². The van der Waals surface area contributed by atoms with Crippen LogP contribution < -0.4 is 5.32 Å². The maximum absolute atomic E-state index is 13.0. The van der Waals surface area contributed by atoms with Crippen molar-refractivity contribution in [3.63, 3.8) is 0 Å². The summed E-state index contributed by atoms with van der Waals surface area (Å²) in [5.41, 5.74) is -0.582. The van der Waals surface area contributed by atoms with Crippen molar-refractivity contribution in [1.29, 1.82) is 0 Å². The molecule has 1 heterocycles. The molecule has 8 heteroatoms. The molecule has 0 saturated heterocycles. The largest absolute Gasteiger partial charge is 0.416 e. The van der Waals surface area contributed by atoms with Gasteiger partial charge in [-0.3, -0.25) is 9.69 Å². The predicted molar refractivity (Wildman–Crippen MR) is 85.7 cm³/mol. The number of alkyl halides is 3. The predicted octanol–water partition coefficient (Wildman–Crippen LogP) is 3.82. The van der Waals surface area contributed by atoms with Crippen molar-refractivity contribution in [2.24, 2.45) is 0 Å². The Bertz CT molecular complexity index is 704. The number of likely N-dealkylation sites (N-methyl/N-ethyl adjacent to an activating group) is 1. The zero-order valence-electron chi connectivity index (χ0n) is 12.8. The topological polar surface area (TPSA) is 45.2 Å². The minimum atomic E-state index is -4.42. The highest BCUT2D eigenvalue weighted by molar-refractivity contribution is 6.30. The molecule has 0 aliphatic rings. The van der Waals surface area contributed by atoms with Crippen LogP contribution in [0.5, 0.6) is 0 Å². The number of aromatic nitrogens is 1. The lowest BCUT2D eigenvalue weighted by Crippen LogP contribution is -2.30. The van der Waals surface area contributed by atoms with Crippen LogP contribution in [-0.4, -0.2) is 29.4 Å². The second-order valence-electron chi connectivity index (χ2n) is 5.24. The molecule has 0 saturated carbocycles. The Morgan fingerprint density at radius 3 is 2.58 bits per heavy atom. The molecule has 24 heavy (non-hydrogen) atoms. The number of benzene rings is 1. The van der Waals surface area contributed by atoms with Crippen LogP contribution in [-0.2, 0) is 17.5 Å². The van der Waals surface area contributed by atoms with Crippen LogP contribution in [0.3, 0.4) is 0 Å². The Morgan fingerprint density at radius 1 is 1.25 bits per heavy atom. The molecule has 2 rings (SSSR count). The summed E-state index contributed by atoms with van der Waals surface area (Å²) in [6.45, 7) is -0.0757. The van der Waals surface area contributed by atoms with E-state index in [1.807, 2.05) is 0 Å². The number of halogens is 4. The molecule has 0 aliphatic heterocycles. The van der Waals surface area contributed by atoms with E-state index < -0.39 is 11.7 Å². The summed E-state index contributed by atoms with van der Waals surface area (Å²) in [6, 6.07) is 8.42. The van der Waals surface area contributed by atoms with E-state index in [1.165, 1.54) is 29.3 Å². The number of rotatable bonds is 5. The summed E-state index contributed by atoms with van der Waals surface area (Å²) in [6.07, 6.45) is -3.03. The SMILES string of the molecule is CN(CC(=O)Nc1ccc(Cl)cn1)Cc1ccccc1C(F)(F)F. The maximum Gasteiger partial charge on any atom is 0.416 e. The Kier molecular flexibility index (Phi) is 5.80. The fraction of sp³-hybridized carbons (Fsp3) is 0.250. The third kappa shape index (κ3) is 5.21. The quantitative estimate of drug-likeness (QED) is 0.884. The first-order chi connectivity index (χ1) is 11.3. The number of nitrogens with one attached hydrogen (secondary N) is 1. The van der Waals surface area contributed by atoms with Crippen molar-refractivity contribution in [3.05, 3.63) is 58.7 Å². The van der Waals surface area contributed by atoms with Crippen molar-refractivity contribution in [2.75, 3.05) is 18.9 Å². The van der Waals surface area contributed by atoms with E-state index in [0.717, 1.165) is 6.07 Å². The Morgan fingerprint density at radius 2 is 1.96 bits per heavy atom. The molecule has 0 spiro atoms. The van der Waals surface area contributed by atoms with Crippen molar-refractivity contribution in [1.82, 2.24) is 9.88 Å². The molecule has 4 nitrogen and oxygen atoms in total. The number of hydrogen-bond acceptors (Lipinski definition) is 3. The lowest BCUT2D eigenvalue weighted by atomic mass is 10.1. The van der Waals surface area contributed by atoms with Crippen LogP contribution in [0.1, 0.15) is 11.1 Å². The molecule has 0 atom stereocenters. The molecule has 1 aromatic heterocycles. The standard InChI is InChI=1S/C16H15ClF3N3O/c1-23(9-11-4-2-3-5-13(11)16(18,19)20)10-15(24)22-14-7-6-12(17)8-21-14/h2-8H,9-10H2,1H3,(H,21,22,24). The summed E-state index contributed by atoms with van der Waals surface area (Å²) in [5, 5.41) is 3.00. The van der Waals surface area contributed by atoms with Gasteiger partial charge in [-0.15, -0.1) is 0 Å². The summed E-state index contributed by atoms with van der Waals surface area (Å²) in [7, 11) is 1.57. The first kappa shape index (κ1) is 18.2. The molecule has 0 bridgehead atoms. The molecule has 128 valence electrons. The highest BCUT2D eigenvalue weighted by Crippen LogP contribution is 2.32. The van der Waals surface area contributed by atoms with Gasteiger partial charge in [0.2, 0.25) is 5.91 Å². The molecule has 1 N–H and O–H groups in total. The smallest absolute Gasteiger partial charge is 0.310 e. The highest BCUT2D eigenvalue weighted by atomic mass is 35.5. The monoisotopic (exact) mass is 357 g/mol. The lowest BCUT2D eigenvalue weighted by molar-refractivity contribution is -0.138. The minimum absolute atomic E-state index is 0.00283. The second-order valence-corrected chi connectivity index (χ2v) is 5.67. The average Bonchev–Trinajstić information content (AvgIpc) is 2.49. The number of nitrogens with zero attached hydrogens (tertiary/aromatic N) is 2. The van der Waals surface area contributed by atoms with E-state index >= 15 is 0 Å². The normalized spacial score (nSPS) is 11.6. The highest BCUT2D eigenvalue weighted by Gasteiger charge is 2.33. The summed E-state index contributed by atoms with van der Waals surface area (Å²) < 4.78 is 38.9. The number of carbonyl (C=O) groups is 1. The van der Waals surface area contributed by atoms with Crippen LogP contribution in [0.2, 0.25) is 5.02 Å². The number of pyridine rings is 1. The Labute approximate surface area is 142 Å². The molecule has 0 radical (unpaired) electrons. The maximum atomic E-state index is 13.0. The molecule has 1 aromatic carbocycles. The van der Waals surface area contributed by atoms with Gasteiger partial charge in [0.25, 0.3) is 0 Å². The zero-order valence-corrected chi connectivity index (χ0v) is 13.5. The van der Waals surface area contributed by atoms with E-state index in [0.29, 0.717) is 10.8 Å². The van der Waals surface area contributed by atoms with E-state index in [-0.39, 0.29) is 24.6 Å². The zero-order chi connectivity index (χ0) is 17.7. The lowest BCUT2D eigenvalue weighted by Gasteiger charge is -2.19. The Balaban J connectivity index is 1.97. The third-order valence-corrected chi connectivity index (χ3v) is 3.40. The first-order valence-corrected chi connectivity index (χ1v) is 7.38. The van der Waals surface area contributed by atoms with Gasteiger partial charge < -0.3 is 5.32 Å². The van der Waals surface area contributed by atoms with Gasteiger partial charge >= 0.3 is 6.18 Å². The molecule has 0 fully saturated rings. The average molecular weight is 358 g/mol. The van der Waals surface area contributed by atoms with Gasteiger partial charge in [-0.05, 0) is 30.8 Å². The van der Waals surface area contributed by atoms with Gasteiger partial charge in [-0.25, -0.2) is 4.98 Å². The van der Waals surface area contributed by atoms with E-state index in [9.17, 15) is 18.0 Å². The fourth-order valence-electron chi connectivity index (χ4n) is 2.16. The second kappa shape index (κ2) is 7.63. The molecular weight excluding hydrogens is 343 g/mol. The number of anilines is 1. The van der Waals surface area contributed by atoms with Crippen LogP contribution in [0, 0.1) is 0 Å². The summed E-state index contributed by atoms with van der Waals surface area (Å²) in [4.78, 5) is 17.4. The molecule has 2 aromatic rings. The van der Waals surface area contributed by atoms with Crippen LogP contribution in [0.25, 0.3) is 0 Å². The number of hydrogen-bond donors (Lipinski definition) is 1. The van der Waals surface area contributed by atoms with Gasteiger partial charge in [-0.1, -0.05) is 29.8 Å². The van der Waals surface area contributed by atoms with Gasteiger partial charge in [-0.2, -0.15) is 13.2 Å². The fourth-order valence-corrected chi connectivity index (χ4v) is 2.27. The van der Waals surface area contributed by atoms with Crippen molar-refractivity contribution < 1.29 is 18.0 Å². The van der Waals surface area contributed by atoms with E-state index in [1.54, 1.807) is 19.2 Å². The van der Waals surface area contributed by atoms with Crippen LogP contribution >= 0.6 is 11.6 Å². The number of carbonyl (C=O) groups excluding carboxylic acids is 1. The van der Waals surface area contributed by atoms with Crippen molar-refractivity contribution >= 4 is 23.3 Å². The first-order valence-electron chi connectivity index (χ1n) is 7.01. The van der Waals surface area contributed by atoms with Gasteiger partial charge in [0, 0.05) is 12.7 Å². The van der Waals surface area contributed by atoms with Gasteiger partial charge in [0.15, 0.2) is 0 Å². The minimum Gasteiger partial charge on any atom is -0.310 e. The summed E-state index contributed by atoms with van der Waals surface area (Å²) in [5.74, 6) is -0.0506. The third-order valence-electron chi connectivity index (χ3n) is 3.17.